The maximum Gasteiger partial charge on any atom is 0.120 e. The summed E-state index contributed by atoms with van der Waals surface area (Å²) in [7, 11) is 1.93. The molecule has 0 saturated carbocycles. The third-order valence-corrected chi connectivity index (χ3v) is 2.85. The highest BCUT2D eigenvalue weighted by molar-refractivity contribution is 5.92. The van der Waals surface area contributed by atoms with Crippen molar-refractivity contribution in [3.63, 3.8) is 0 Å². The van der Waals surface area contributed by atoms with E-state index in [2.05, 4.69) is 21.4 Å². The van der Waals surface area contributed by atoms with E-state index in [0.717, 1.165) is 28.0 Å². The van der Waals surface area contributed by atoms with Gasteiger partial charge in [-0.05, 0) is 12.1 Å². The van der Waals surface area contributed by atoms with Gasteiger partial charge in [-0.1, -0.05) is 18.2 Å². The highest BCUT2D eigenvalue weighted by Crippen LogP contribution is 2.26. The van der Waals surface area contributed by atoms with Crippen LogP contribution in [0.3, 0.4) is 0 Å². The van der Waals surface area contributed by atoms with Crippen LogP contribution >= 0.6 is 0 Å². The fraction of sp³-hybridized carbons (Fsp3) is 0.167. The number of nitrogens with one attached hydrogen (secondary N) is 1. The van der Waals surface area contributed by atoms with Crippen molar-refractivity contribution in [2.75, 3.05) is 0 Å². The summed E-state index contributed by atoms with van der Waals surface area (Å²) in [5.74, 6) is 0. The van der Waals surface area contributed by atoms with Crippen LogP contribution in [0.1, 0.15) is 5.69 Å². The van der Waals surface area contributed by atoms with Crippen molar-refractivity contribution in [2.45, 2.75) is 6.54 Å². The number of aryl methyl sites for hydroxylation is 1. The van der Waals surface area contributed by atoms with Gasteiger partial charge in [0.15, 0.2) is 0 Å². The first-order valence-corrected chi connectivity index (χ1v) is 5.46. The molecule has 2 heterocycles. The molecule has 0 unspecified atom stereocenters. The number of para-hydroxylation sites is 1. The molecule has 1 aromatic carbocycles. The molecule has 3 rings (SSSR count). The van der Waals surface area contributed by atoms with E-state index in [9.17, 15) is 0 Å². The van der Waals surface area contributed by atoms with Gasteiger partial charge in [-0.2, -0.15) is 10.2 Å². The molecule has 0 bridgehead atoms. The summed E-state index contributed by atoms with van der Waals surface area (Å²) in [6.07, 6.45) is 0. The van der Waals surface area contributed by atoms with Gasteiger partial charge >= 0.3 is 0 Å². The first kappa shape index (κ1) is 10.0. The lowest BCUT2D eigenvalue weighted by atomic mass is 10.1. The summed E-state index contributed by atoms with van der Waals surface area (Å²) in [6.45, 7) is 0.456. The molecule has 3 N–H and O–H groups in total. The first-order chi connectivity index (χ1) is 8.29. The minimum atomic E-state index is 0.456. The molecule has 0 aliphatic rings. The monoisotopic (exact) mass is 227 g/mol. The largest absolute Gasteiger partial charge is 0.325 e. The maximum absolute atomic E-state index is 5.56. The molecule has 5 nitrogen and oxygen atoms in total. The van der Waals surface area contributed by atoms with Crippen molar-refractivity contribution in [1.82, 2.24) is 20.0 Å². The number of nitrogens with two attached hydrogens (primary N) is 1. The second-order valence-electron chi connectivity index (χ2n) is 3.97. The molecule has 0 atom stereocenters. The fourth-order valence-corrected chi connectivity index (χ4v) is 1.99. The van der Waals surface area contributed by atoms with Crippen LogP contribution in [-0.2, 0) is 13.6 Å². The summed E-state index contributed by atoms with van der Waals surface area (Å²) in [5.41, 5.74) is 9.29. The number of benzene rings is 1. The summed E-state index contributed by atoms with van der Waals surface area (Å²) < 4.78 is 1.86. The van der Waals surface area contributed by atoms with Crippen LogP contribution in [0.5, 0.6) is 0 Å². The summed E-state index contributed by atoms with van der Waals surface area (Å²) >= 11 is 0. The van der Waals surface area contributed by atoms with Gasteiger partial charge in [-0.15, -0.1) is 0 Å². The van der Waals surface area contributed by atoms with Gasteiger partial charge in [0.2, 0.25) is 0 Å². The zero-order valence-corrected chi connectivity index (χ0v) is 9.51. The number of rotatable bonds is 2. The molecule has 3 aromatic rings. The van der Waals surface area contributed by atoms with E-state index in [1.54, 1.807) is 0 Å². The fourth-order valence-electron chi connectivity index (χ4n) is 1.99. The molecule has 0 fully saturated rings. The summed E-state index contributed by atoms with van der Waals surface area (Å²) in [4.78, 5) is 0. The van der Waals surface area contributed by atoms with Gasteiger partial charge in [0.05, 0.1) is 5.52 Å². The van der Waals surface area contributed by atoms with Gasteiger partial charge in [-0.25, -0.2) is 0 Å². The predicted octanol–water partition coefficient (Wildman–Crippen LogP) is 1.42. The van der Waals surface area contributed by atoms with Crippen LogP contribution < -0.4 is 5.73 Å². The highest BCUT2D eigenvalue weighted by atomic mass is 15.3. The number of fused-ring (bicyclic) bond motifs is 1. The van der Waals surface area contributed by atoms with Crippen LogP contribution in [-0.4, -0.2) is 20.0 Å². The van der Waals surface area contributed by atoms with E-state index >= 15 is 0 Å². The Bertz CT molecular complexity index is 664. The normalized spacial score (nSPS) is 11.2. The average molecular weight is 227 g/mol. The molecule has 0 aliphatic heterocycles. The van der Waals surface area contributed by atoms with Gasteiger partial charge < -0.3 is 5.73 Å². The zero-order chi connectivity index (χ0) is 11.8. The summed E-state index contributed by atoms with van der Waals surface area (Å²) in [5, 5.41) is 12.7. The third-order valence-electron chi connectivity index (χ3n) is 2.85. The number of aromatic amines is 1. The Morgan fingerprint density at radius 3 is 2.94 bits per heavy atom. The van der Waals surface area contributed by atoms with E-state index < -0.39 is 0 Å². The smallest absolute Gasteiger partial charge is 0.120 e. The molecular formula is C12H13N5. The van der Waals surface area contributed by atoms with Crippen LogP contribution in [0.2, 0.25) is 0 Å². The summed E-state index contributed by atoms with van der Waals surface area (Å²) in [6, 6.07) is 10.0. The first-order valence-electron chi connectivity index (χ1n) is 5.46. The van der Waals surface area contributed by atoms with Crippen molar-refractivity contribution in [3.8, 4) is 11.4 Å². The Morgan fingerprint density at radius 2 is 2.18 bits per heavy atom. The van der Waals surface area contributed by atoms with Crippen LogP contribution in [0.25, 0.3) is 22.3 Å². The second kappa shape index (κ2) is 3.71. The molecule has 5 heteroatoms. The van der Waals surface area contributed by atoms with Crippen molar-refractivity contribution in [1.29, 1.82) is 0 Å². The van der Waals surface area contributed by atoms with E-state index in [4.69, 9.17) is 5.73 Å². The number of nitrogens with zero attached hydrogens (tertiary/aromatic N) is 3. The molecule has 0 amide bonds. The maximum atomic E-state index is 5.56. The molecular weight excluding hydrogens is 214 g/mol. The van der Waals surface area contributed by atoms with Gasteiger partial charge in [-0.3, -0.25) is 9.78 Å². The lowest BCUT2D eigenvalue weighted by Crippen LogP contribution is -1.95. The quantitative estimate of drug-likeness (QED) is 0.695. The van der Waals surface area contributed by atoms with Crippen LogP contribution in [0.4, 0.5) is 0 Å². The van der Waals surface area contributed by atoms with Gasteiger partial charge in [0.25, 0.3) is 0 Å². The van der Waals surface area contributed by atoms with Crippen molar-refractivity contribution in [3.05, 3.63) is 36.0 Å². The Balaban J connectivity index is 2.23. The minimum absolute atomic E-state index is 0.456. The topological polar surface area (TPSA) is 72.5 Å². The SMILES string of the molecule is Cn1nc(-c2cc(CN)[nH]n2)c2ccccc21. The Morgan fingerprint density at radius 1 is 1.35 bits per heavy atom. The van der Waals surface area contributed by atoms with Crippen molar-refractivity contribution < 1.29 is 0 Å². The molecule has 0 spiro atoms. The van der Waals surface area contributed by atoms with Crippen LogP contribution in [0.15, 0.2) is 30.3 Å². The van der Waals surface area contributed by atoms with Gasteiger partial charge in [0, 0.05) is 24.7 Å². The minimum Gasteiger partial charge on any atom is -0.325 e. The molecule has 17 heavy (non-hydrogen) atoms. The molecule has 0 saturated heterocycles. The number of hydrogen-bond donors (Lipinski definition) is 2. The standard InChI is InChI=1S/C12H13N5/c1-17-11-5-3-2-4-9(11)12(16-17)10-6-8(7-13)14-15-10/h2-6H,7,13H2,1H3,(H,14,15). The Hall–Kier alpha value is -2.14. The lowest BCUT2D eigenvalue weighted by Gasteiger charge is -1.90. The average Bonchev–Trinajstić information content (AvgIpc) is 2.95. The lowest BCUT2D eigenvalue weighted by molar-refractivity contribution is 0.799. The van der Waals surface area contributed by atoms with Crippen molar-refractivity contribution in [2.24, 2.45) is 12.8 Å². The van der Waals surface area contributed by atoms with E-state index in [-0.39, 0.29) is 0 Å². The van der Waals surface area contributed by atoms with E-state index in [0.29, 0.717) is 6.54 Å². The Kier molecular flexibility index (Phi) is 2.19. The molecule has 86 valence electrons. The number of aromatic nitrogens is 4. The second-order valence-corrected chi connectivity index (χ2v) is 3.97. The molecule has 0 radical (unpaired) electrons. The van der Waals surface area contributed by atoms with Crippen LogP contribution in [0, 0.1) is 0 Å². The number of H-pyrrole nitrogens is 1. The van der Waals surface area contributed by atoms with E-state index in [1.807, 2.05) is 36.0 Å². The van der Waals surface area contributed by atoms with Gasteiger partial charge in [0.1, 0.15) is 11.4 Å². The highest BCUT2D eigenvalue weighted by Gasteiger charge is 2.12. The number of hydrogen-bond acceptors (Lipinski definition) is 3. The molecule has 0 aliphatic carbocycles. The third kappa shape index (κ3) is 1.52. The van der Waals surface area contributed by atoms with Crippen molar-refractivity contribution >= 4 is 10.9 Å². The molecule has 2 aromatic heterocycles. The Labute approximate surface area is 98.2 Å². The zero-order valence-electron chi connectivity index (χ0n) is 9.51. The van der Waals surface area contributed by atoms with E-state index in [1.165, 1.54) is 0 Å². The predicted molar refractivity (Wildman–Crippen MR) is 66.2 cm³/mol.